The van der Waals surface area contributed by atoms with Crippen molar-refractivity contribution in [3.63, 3.8) is 0 Å². The van der Waals surface area contributed by atoms with Crippen LogP contribution < -0.4 is 0 Å². The molecule has 3 rings (SSSR count). The third kappa shape index (κ3) is 1.51. The molecule has 15 heavy (non-hydrogen) atoms. The van der Waals surface area contributed by atoms with Crippen LogP contribution in [0.1, 0.15) is 31.4 Å². The summed E-state index contributed by atoms with van der Waals surface area (Å²) in [6, 6.07) is 1.90. The van der Waals surface area contributed by atoms with Crippen molar-refractivity contribution in [1.29, 1.82) is 0 Å². The second-order valence-corrected chi connectivity index (χ2v) is 4.55. The molecule has 3 nitrogen and oxygen atoms in total. The van der Waals surface area contributed by atoms with Gasteiger partial charge in [0.15, 0.2) is 5.76 Å². The SMILES string of the molecule is C(=C/C12CCCN1CCC2)/c1ccno1. The maximum Gasteiger partial charge on any atom is 0.159 e. The summed E-state index contributed by atoms with van der Waals surface area (Å²) >= 11 is 0. The molecule has 0 N–H and O–H groups in total. The Hall–Kier alpha value is -1.09. The summed E-state index contributed by atoms with van der Waals surface area (Å²) in [5, 5.41) is 3.71. The van der Waals surface area contributed by atoms with Gasteiger partial charge in [0.1, 0.15) is 0 Å². The van der Waals surface area contributed by atoms with Gasteiger partial charge in [-0.15, -0.1) is 0 Å². The van der Waals surface area contributed by atoms with Crippen molar-refractivity contribution in [2.75, 3.05) is 13.1 Å². The second kappa shape index (κ2) is 3.49. The molecule has 0 amide bonds. The molecule has 0 atom stereocenters. The maximum absolute atomic E-state index is 5.08. The third-order valence-electron chi connectivity index (χ3n) is 3.72. The molecule has 0 saturated carbocycles. The number of rotatable bonds is 2. The van der Waals surface area contributed by atoms with E-state index in [-0.39, 0.29) is 0 Å². The molecule has 0 bridgehead atoms. The summed E-state index contributed by atoms with van der Waals surface area (Å²) in [6.07, 6.45) is 11.4. The van der Waals surface area contributed by atoms with Crippen LogP contribution in [0.2, 0.25) is 0 Å². The minimum absolute atomic E-state index is 0.340. The highest BCUT2D eigenvalue weighted by Crippen LogP contribution is 2.40. The van der Waals surface area contributed by atoms with E-state index >= 15 is 0 Å². The summed E-state index contributed by atoms with van der Waals surface area (Å²) in [4.78, 5) is 2.61. The van der Waals surface area contributed by atoms with E-state index < -0.39 is 0 Å². The van der Waals surface area contributed by atoms with Crippen LogP contribution in [-0.2, 0) is 0 Å². The highest BCUT2D eigenvalue weighted by Gasteiger charge is 2.41. The van der Waals surface area contributed by atoms with Crippen LogP contribution in [-0.4, -0.2) is 28.7 Å². The Bertz CT molecular complexity index is 346. The molecule has 2 aliphatic rings. The van der Waals surface area contributed by atoms with Gasteiger partial charge in [-0.1, -0.05) is 11.2 Å². The van der Waals surface area contributed by atoms with Crippen LogP contribution in [0.15, 0.2) is 22.9 Å². The summed E-state index contributed by atoms with van der Waals surface area (Å²) in [6.45, 7) is 2.53. The molecule has 0 aliphatic carbocycles. The van der Waals surface area contributed by atoms with Gasteiger partial charge in [0, 0.05) is 11.6 Å². The van der Waals surface area contributed by atoms with Crippen molar-refractivity contribution < 1.29 is 4.52 Å². The van der Waals surface area contributed by atoms with E-state index in [1.165, 1.54) is 38.8 Å². The first kappa shape index (κ1) is 9.16. The van der Waals surface area contributed by atoms with Crippen LogP contribution in [0.5, 0.6) is 0 Å². The molecule has 2 saturated heterocycles. The zero-order valence-electron chi connectivity index (χ0n) is 8.85. The fraction of sp³-hybridized carbons (Fsp3) is 0.583. The molecule has 0 aromatic carbocycles. The topological polar surface area (TPSA) is 29.3 Å². The van der Waals surface area contributed by atoms with Crippen LogP contribution in [0.4, 0.5) is 0 Å². The highest BCUT2D eigenvalue weighted by molar-refractivity contribution is 5.44. The van der Waals surface area contributed by atoms with Crippen LogP contribution in [0, 0.1) is 0 Å². The molecule has 80 valence electrons. The van der Waals surface area contributed by atoms with Gasteiger partial charge in [0.2, 0.25) is 0 Å². The fourth-order valence-corrected chi connectivity index (χ4v) is 2.97. The van der Waals surface area contributed by atoms with Gasteiger partial charge in [-0.25, -0.2) is 0 Å². The number of hydrogen-bond acceptors (Lipinski definition) is 3. The van der Waals surface area contributed by atoms with Crippen LogP contribution in [0.3, 0.4) is 0 Å². The molecule has 0 unspecified atom stereocenters. The lowest BCUT2D eigenvalue weighted by atomic mass is 9.93. The molecule has 3 heteroatoms. The smallest absolute Gasteiger partial charge is 0.159 e. The zero-order chi connectivity index (χ0) is 10.1. The lowest BCUT2D eigenvalue weighted by Crippen LogP contribution is -2.35. The zero-order valence-corrected chi connectivity index (χ0v) is 8.85. The van der Waals surface area contributed by atoms with Gasteiger partial charge in [0.25, 0.3) is 0 Å². The molecular formula is C12H16N2O. The lowest BCUT2D eigenvalue weighted by Gasteiger charge is -2.28. The van der Waals surface area contributed by atoms with E-state index in [0.717, 1.165) is 5.76 Å². The summed E-state index contributed by atoms with van der Waals surface area (Å²) in [5.41, 5.74) is 0.340. The monoisotopic (exact) mass is 204 g/mol. The first-order chi connectivity index (χ1) is 7.39. The summed E-state index contributed by atoms with van der Waals surface area (Å²) < 4.78 is 5.08. The Labute approximate surface area is 89.7 Å². The molecule has 1 aromatic heterocycles. The average Bonchev–Trinajstić information content (AvgIpc) is 2.91. The van der Waals surface area contributed by atoms with E-state index in [1.807, 2.05) is 6.07 Å². The normalized spacial score (nSPS) is 25.1. The van der Waals surface area contributed by atoms with Gasteiger partial charge < -0.3 is 4.52 Å². The quantitative estimate of drug-likeness (QED) is 0.740. The van der Waals surface area contributed by atoms with Gasteiger partial charge in [-0.3, -0.25) is 4.90 Å². The van der Waals surface area contributed by atoms with E-state index in [4.69, 9.17) is 4.52 Å². The predicted octanol–water partition coefficient (Wildman–Crippen LogP) is 2.32. The Kier molecular flexibility index (Phi) is 2.13. The Morgan fingerprint density at radius 3 is 2.80 bits per heavy atom. The molecule has 1 aromatic rings. The number of nitrogens with zero attached hydrogens (tertiary/aromatic N) is 2. The summed E-state index contributed by atoms with van der Waals surface area (Å²) in [7, 11) is 0. The van der Waals surface area contributed by atoms with Crippen molar-refractivity contribution in [3.8, 4) is 0 Å². The van der Waals surface area contributed by atoms with E-state index in [0.29, 0.717) is 5.54 Å². The predicted molar refractivity (Wildman–Crippen MR) is 58.3 cm³/mol. The van der Waals surface area contributed by atoms with Crippen molar-refractivity contribution in [2.45, 2.75) is 31.2 Å². The average molecular weight is 204 g/mol. The van der Waals surface area contributed by atoms with Crippen molar-refractivity contribution >= 4 is 6.08 Å². The number of hydrogen-bond donors (Lipinski definition) is 0. The standard InChI is InChI=1S/C12H16N2O/c1-5-12(6-2-10-14(12)9-1)7-3-11-4-8-13-15-11/h3-4,7-8H,1-2,5-6,9-10H2/b7-3-. The van der Waals surface area contributed by atoms with E-state index in [2.05, 4.69) is 22.2 Å². The first-order valence-electron chi connectivity index (χ1n) is 5.74. The Morgan fingerprint density at radius 2 is 2.13 bits per heavy atom. The Balaban J connectivity index is 1.81. The minimum atomic E-state index is 0.340. The van der Waals surface area contributed by atoms with Crippen LogP contribution >= 0.6 is 0 Å². The first-order valence-corrected chi connectivity index (χ1v) is 5.74. The number of aromatic nitrogens is 1. The molecule has 2 aliphatic heterocycles. The highest BCUT2D eigenvalue weighted by atomic mass is 16.5. The van der Waals surface area contributed by atoms with Crippen molar-refractivity contribution in [1.82, 2.24) is 10.1 Å². The largest absolute Gasteiger partial charge is 0.357 e. The fourth-order valence-electron chi connectivity index (χ4n) is 2.97. The van der Waals surface area contributed by atoms with Gasteiger partial charge in [-0.05, 0) is 44.8 Å². The number of fused-ring (bicyclic) bond motifs is 1. The summed E-state index contributed by atoms with van der Waals surface area (Å²) in [5.74, 6) is 0.864. The third-order valence-corrected chi connectivity index (χ3v) is 3.72. The molecule has 2 fully saturated rings. The molecule has 0 radical (unpaired) electrons. The Morgan fingerprint density at radius 1 is 1.33 bits per heavy atom. The van der Waals surface area contributed by atoms with E-state index in [9.17, 15) is 0 Å². The molecular weight excluding hydrogens is 188 g/mol. The van der Waals surface area contributed by atoms with Crippen molar-refractivity contribution in [3.05, 3.63) is 24.1 Å². The maximum atomic E-state index is 5.08. The van der Waals surface area contributed by atoms with Gasteiger partial charge in [0.05, 0.1) is 6.20 Å². The minimum Gasteiger partial charge on any atom is -0.357 e. The lowest BCUT2D eigenvalue weighted by molar-refractivity contribution is 0.251. The van der Waals surface area contributed by atoms with Gasteiger partial charge in [-0.2, -0.15) is 0 Å². The van der Waals surface area contributed by atoms with Crippen molar-refractivity contribution in [2.24, 2.45) is 0 Å². The second-order valence-electron chi connectivity index (χ2n) is 4.55. The van der Waals surface area contributed by atoms with E-state index in [1.54, 1.807) is 6.20 Å². The molecule has 0 spiro atoms. The molecule has 3 heterocycles. The van der Waals surface area contributed by atoms with Gasteiger partial charge >= 0.3 is 0 Å². The van der Waals surface area contributed by atoms with Crippen LogP contribution in [0.25, 0.3) is 6.08 Å².